The van der Waals surface area contributed by atoms with Crippen molar-refractivity contribution in [3.05, 3.63) is 29.8 Å². The molecule has 0 aromatic heterocycles. The van der Waals surface area contributed by atoms with Crippen LogP contribution in [0, 0.1) is 6.92 Å². The molecule has 29 heavy (non-hydrogen) atoms. The predicted molar refractivity (Wildman–Crippen MR) is 119 cm³/mol. The standard InChI is InChI=1S/C24H38N4O/c1-20-8-10-23(11-9-20)28-17-12-25(18-21(28)2)19-24(29)27-15-13-26(14-16-27)22-6-4-3-5-7-22/h8-11,21-22H,3-7,12-19H2,1-2H3. The molecule has 1 atom stereocenters. The second-order valence-electron chi connectivity index (χ2n) is 9.32. The number of benzene rings is 1. The van der Waals surface area contributed by atoms with Crippen molar-refractivity contribution in [1.29, 1.82) is 0 Å². The van der Waals surface area contributed by atoms with Gasteiger partial charge in [-0.15, -0.1) is 0 Å². The first-order chi connectivity index (χ1) is 14.1. The van der Waals surface area contributed by atoms with E-state index in [1.54, 1.807) is 0 Å². The van der Waals surface area contributed by atoms with Gasteiger partial charge in [0.1, 0.15) is 0 Å². The van der Waals surface area contributed by atoms with Gasteiger partial charge in [-0.3, -0.25) is 14.6 Å². The summed E-state index contributed by atoms with van der Waals surface area (Å²) in [7, 11) is 0. The lowest BCUT2D eigenvalue weighted by molar-refractivity contribution is -0.134. The summed E-state index contributed by atoms with van der Waals surface area (Å²) < 4.78 is 0. The van der Waals surface area contributed by atoms with Crippen molar-refractivity contribution < 1.29 is 4.79 Å². The summed E-state index contributed by atoms with van der Waals surface area (Å²) in [5.74, 6) is 0.323. The number of piperazine rings is 2. The topological polar surface area (TPSA) is 30.0 Å². The third-order valence-corrected chi connectivity index (χ3v) is 7.19. The summed E-state index contributed by atoms with van der Waals surface area (Å²) in [4.78, 5) is 22.5. The fraction of sp³-hybridized carbons (Fsp3) is 0.708. The molecule has 4 rings (SSSR count). The molecule has 1 aromatic carbocycles. The van der Waals surface area contributed by atoms with Crippen LogP contribution in [0.15, 0.2) is 24.3 Å². The Morgan fingerprint density at radius 3 is 2.28 bits per heavy atom. The van der Waals surface area contributed by atoms with Crippen molar-refractivity contribution in [1.82, 2.24) is 14.7 Å². The van der Waals surface area contributed by atoms with Crippen LogP contribution in [-0.4, -0.2) is 85.0 Å². The van der Waals surface area contributed by atoms with Gasteiger partial charge in [-0.25, -0.2) is 0 Å². The highest BCUT2D eigenvalue weighted by Gasteiger charge is 2.29. The molecule has 1 amide bonds. The van der Waals surface area contributed by atoms with Crippen LogP contribution >= 0.6 is 0 Å². The Morgan fingerprint density at radius 1 is 0.931 bits per heavy atom. The van der Waals surface area contributed by atoms with Crippen LogP contribution in [-0.2, 0) is 4.79 Å². The average Bonchev–Trinajstić information content (AvgIpc) is 2.75. The quantitative estimate of drug-likeness (QED) is 0.780. The second kappa shape index (κ2) is 9.48. The van der Waals surface area contributed by atoms with E-state index in [0.29, 0.717) is 18.5 Å². The molecule has 0 radical (unpaired) electrons. The van der Waals surface area contributed by atoms with Crippen LogP contribution < -0.4 is 4.90 Å². The first-order valence-corrected chi connectivity index (χ1v) is 11.7. The number of carbonyl (C=O) groups excluding carboxylic acids is 1. The van der Waals surface area contributed by atoms with E-state index in [1.807, 2.05) is 0 Å². The maximum Gasteiger partial charge on any atom is 0.236 e. The minimum Gasteiger partial charge on any atom is -0.366 e. The van der Waals surface area contributed by atoms with Crippen molar-refractivity contribution >= 4 is 11.6 Å². The van der Waals surface area contributed by atoms with Gasteiger partial charge in [-0.05, 0) is 38.8 Å². The number of amides is 1. The molecule has 1 unspecified atom stereocenters. The van der Waals surface area contributed by atoms with E-state index in [4.69, 9.17) is 0 Å². The lowest BCUT2D eigenvalue weighted by Gasteiger charge is -2.43. The van der Waals surface area contributed by atoms with Gasteiger partial charge >= 0.3 is 0 Å². The molecule has 2 aliphatic heterocycles. The van der Waals surface area contributed by atoms with E-state index < -0.39 is 0 Å². The second-order valence-corrected chi connectivity index (χ2v) is 9.32. The third-order valence-electron chi connectivity index (χ3n) is 7.19. The summed E-state index contributed by atoms with van der Waals surface area (Å²) in [6.45, 7) is 11.9. The molecule has 2 saturated heterocycles. The predicted octanol–water partition coefficient (Wildman–Crippen LogP) is 2.98. The number of rotatable bonds is 4. The van der Waals surface area contributed by atoms with Crippen molar-refractivity contribution in [3.8, 4) is 0 Å². The van der Waals surface area contributed by atoms with Crippen molar-refractivity contribution in [3.63, 3.8) is 0 Å². The van der Waals surface area contributed by atoms with Crippen molar-refractivity contribution in [2.45, 2.75) is 58.0 Å². The Hall–Kier alpha value is -1.59. The maximum absolute atomic E-state index is 12.9. The molecule has 0 bridgehead atoms. The zero-order valence-corrected chi connectivity index (χ0v) is 18.4. The molecular formula is C24H38N4O. The van der Waals surface area contributed by atoms with Crippen LogP contribution in [0.3, 0.4) is 0 Å². The highest BCUT2D eigenvalue weighted by atomic mass is 16.2. The van der Waals surface area contributed by atoms with Gasteiger partial charge in [0.15, 0.2) is 0 Å². The molecule has 3 fully saturated rings. The van der Waals surface area contributed by atoms with E-state index in [1.165, 1.54) is 43.4 Å². The van der Waals surface area contributed by atoms with Crippen molar-refractivity contribution in [2.75, 3.05) is 57.3 Å². The normalized spacial score (nSPS) is 25.4. The van der Waals surface area contributed by atoms with Gasteiger partial charge in [0.25, 0.3) is 0 Å². The smallest absolute Gasteiger partial charge is 0.236 e. The monoisotopic (exact) mass is 398 g/mol. The van der Waals surface area contributed by atoms with E-state index in [2.05, 4.69) is 57.7 Å². The first-order valence-electron chi connectivity index (χ1n) is 11.7. The summed E-state index contributed by atoms with van der Waals surface area (Å²) in [6.07, 6.45) is 6.89. The van der Waals surface area contributed by atoms with Crippen LogP contribution in [0.2, 0.25) is 0 Å². The number of hydrogen-bond acceptors (Lipinski definition) is 4. The zero-order chi connectivity index (χ0) is 20.2. The maximum atomic E-state index is 12.9. The van der Waals surface area contributed by atoms with Gasteiger partial charge in [0.2, 0.25) is 5.91 Å². The molecule has 5 heteroatoms. The minimum absolute atomic E-state index is 0.323. The number of aryl methyl sites for hydroxylation is 1. The first kappa shape index (κ1) is 20.7. The lowest BCUT2D eigenvalue weighted by atomic mass is 9.94. The van der Waals surface area contributed by atoms with E-state index >= 15 is 0 Å². The number of hydrogen-bond donors (Lipinski definition) is 0. The Morgan fingerprint density at radius 2 is 1.62 bits per heavy atom. The molecular weight excluding hydrogens is 360 g/mol. The molecule has 0 spiro atoms. The van der Waals surface area contributed by atoms with Crippen molar-refractivity contribution in [2.24, 2.45) is 0 Å². The summed E-state index contributed by atoms with van der Waals surface area (Å²) in [6, 6.07) is 10.0. The highest BCUT2D eigenvalue weighted by Crippen LogP contribution is 2.24. The van der Waals surface area contributed by atoms with Gasteiger partial charge in [-0.2, -0.15) is 0 Å². The summed E-state index contributed by atoms with van der Waals surface area (Å²) in [5.41, 5.74) is 2.60. The molecule has 3 aliphatic rings. The van der Waals surface area contributed by atoms with Crippen LogP contribution in [0.4, 0.5) is 5.69 Å². The molecule has 2 heterocycles. The minimum atomic E-state index is 0.323. The molecule has 160 valence electrons. The Labute approximate surface area is 176 Å². The van der Waals surface area contributed by atoms with E-state index in [-0.39, 0.29) is 0 Å². The van der Waals surface area contributed by atoms with Gasteiger partial charge in [0.05, 0.1) is 6.54 Å². The third kappa shape index (κ3) is 5.13. The summed E-state index contributed by atoms with van der Waals surface area (Å²) in [5, 5.41) is 0. The average molecular weight is 399 g/mol. The van der Waals surface area contributed by atoms with Gasteiger partial charge < -0.3 is 9.80 Å². The van der Waals surface area contributed by atoms with Crippen LogP contribution in [0.25, 0.3) is 0 Å². The number of carbonyl (C=O) groups is 1. The fourth-order valence-corrected chi connectivity index (χ4v) is 5.37. The fourth-order valence-electron chi connectivity index (χ4n) is 5.37. The largest absolute Gasteiger partial charge is 0.366 e. The zero-order valence-electron chi connectivity index (χ0n) is 18.4. The molecule has 1 saturated carbocycles. The van der Waals surface area contributed by atoms with Crippen LogP contribution in [0.5, 0.6) is 0 Å². The Bertz CT molecular complexity index is 662. The molecule has 1 aliphatic carbocycles. The summed E-state index contributed by atoms with van der Waals surface area (Å²) >= 11 is 0. The van der Waals surface area contributed by atoms with Gasteiger partial charge in [-0.1, -0.05) is 37.0 Å². The molecule has 5 nitrogen and oxygen atoms in total. The SMILES string of the molecule is Cc1ccc(N2CCN(CC(=O)N3CCN(C4CCCCC4)CC3)CC2C)cc1. The number of nitrogens with zero attached hydrogens (tertiary/aromatic N) is 4. The van der Waals surface area contributed by atoms with E-state index in [0.717, 1.165) is 51.9 Å². The number of anilines is 1. The highest BCUT2D eigenvalue weighted by molar-refractivity contribution is 5.78. The van der Waals surface area contributed by atoms with E-state index in [9.17, 15) is 4.79 Å². The molecule has 1 aromatic rings. The Kier molecular flexibility index (Phi) is 6.76. The van der Waals surface area contributed by atoms with Gasteiger partial charge in [0, 0.05) is 63.6 Å². The van der Waals surface area contributed by atoms with Crippen LogP contribution in [0.1, 0.15) is 44.6 Å². The Balaban J connectivity index is 1.23. The lowest BCUT2D eigenvalue weighted by Crippen LogP contribution is -2.57. The molecule has 0 N–H and O–H groups in total.